The van der Waals surface area contributed by atoms with Crippen LogP contribution in [0.4, 0.5) is 10.1 Å². The zero-order valence-electron chi connectivity index (χ0n) is 17.3. The van der Waals surface area contributed by atoms with Crippen molar-refractivity contribution in [2.75, 3.05) is 38.1 Å². The highest BCUT2D eigenvalue weighted by atomic mass is 32.2. The highest BCUT2D eigenvalue weighted by Gasteiger charge is 2.27. The molecule has 0 radical (unpaired) electrons. The average molecular weight is 446 g/mol. The second-order valence-electron chi connectivity index (χ2n) is 6.98. The number of rotatable bonds is 9. The SMILES string of the molecule is CN(C)S(=O)(=O)N(CC(=O)NCCOc1ccc2ccccc2c1)c1ccc(F)cc1. The highest BCUT2D eigenvalue weighted by Crippen LogP contribution is 2.21. The van der Waals surface area contributed by atoms with Gasteiger partial charge in [0.05, 0.1) is 12.2 Å². The fourth-order valence-electron chi connectivity index (χ4n) is 2.91. The molecule has 0 aromatic heterocycles. The van der Waals surface area contributed by atoms with Gasteiger partial charge in [-0.05, 0) is 47.2 Å². The van der Waals surface area contributed by atoms with Gasteiger partial charge in [-0.2, -0.15) is 12.7 Å². The Morgan fingerprint density at radius 2 is 1.68 bits per heavy atom. The molecule has 1 amide bonds. The Morgan fingerprint density at radius 3 is 2.35 bits per heavy atom. The molecule has 164 valence electrons. The molecule has 0 aliphatic heterocycles. The van der Waals surface area contributed by atoms with Crippen LogP contribution in [-0.2, 0) is 15.0 Å². The zero-order chi connectivity index (χ0) is 22.4. The number of benzene rings is 3. The van der Waals surface area contributed by atoms with Crippen LogP contribution in [0.5, 0.6) is 5.75 Å². The van der Waals surface area contributed by atoms with Crippen LogP contribution in [0.2, 0.25) is 0 Å². The molecule has 0 heterocycles. The van der Waals surface area contributed by atoms with Crippen LogP contribution < -0.4 is 14.4 Å². The van der Waals surface area contributed by atoms with Crippen LogP contribution in [0.15, 0.2) is 66.7 Å². The fourth-order valence-corrected chi connectivity index (χ4v) is 3.98. The van der Waals surface area contributed by atoms with Crippen molar-refractivity contribution >= 4 is 32.6 Å². The maximum Gasteiger partial charge on any atom is 0.304 e. The van der Waals surface area contributed by atoms with E-state index in [0.29, 0.717) is 5.75 Å². The molecule has 3 aromatic rings. The van der Waals surface area contributed by atoms with E-state index in [2.05, 4.69) is 5.32 Å². The third-order valence-corrected chi connectivity index (χ3v) is 6.38. The van der Waals surface area contributed by atoms with Gasteiger partial charge < -0.3 is 10.1 Å². The first-order valence-corrected chi connectivity index (χ1v) is 11.0. The molecule has 0 aliphatic carbocycles. The second-order valence-corrected chi connectivity index (χ2v) is 9.05. The number of fused-ring (bicyclic) bond motifs is 1. The third kappa shape index (κ3) is 5.71. The number of nitrogens with zero attached hydrogens (tertiary/aromatic N) is 2. The Bertz CT molecular complexity index is 1150. The van der Waals surface area contributed by atoms with Gasteiger partial charge in [-0.15, -0.1) is 0 Å². The van der Waals surface area contributed by atoms with Crippen LogP contribution in [0.3, 0.4) is 0 Å². The van der Waals surface area contributed by atoms with Crippen molar-refractivity contribution in [1.82, 2.24) is 9.62 Å². The number of carbonyl (C=O) groups excluding carboxylic acids is 1. The summed E-state index contributed by atoms with van der Waals surface area (Å²) in [6.07, 6.45) is 0. The van der Waals surface area contributed by atoms with Crippen LogP contribution in [0, 0.1) is 5.82 Å². The van der Waals surface area contributed by atoms with Crippen molar-refractivity contribution in [3.8, 4) is 5.75 Å². The molecule has 9 heteroatoms. The smallest absolute Gasteiger partial charge is 0.304 e. The number of anilines is 1. The van der Waals surface area contributed by atoms with E-state index in [1.54, 1.807) is 0 Å². The lowest BCUT2D eigenvalue weighted by atomic mass is 10.1. The quantitative estimate of drug-likeness (QED) is 0.514. The van der Waals surface area contributed by atoms with Gasteiger partial charge in [0.25, 0.3) is 0 Å². The summed E-state index contributed by atoms with van der Waals surface area (Å²) >= 11 is 0. The van der Waals surface area contributed by atoms with Gasteiger partial charge >= 0.3 is 10.2 Å². The molecule has 0 saturated heterocycles. The Balaban J connectivity index is 1.58. The van der Waals surface area contributed by atoms with Gasteiger partial charge in [0, 0.05) is 14.1 Å². The Hall–Kier alpha value is -3.17. The van der Waals surface area contributed by atoms with Crippen molar-refractivity contribution in [3.63, 3.8) is 0 Å². The van der Waals surface area contributed by atoms with Crippen molar-refractivity contribution < 1.29 is 22.3 Å². The Morgan fingerprint density at radius 1 is 1.00 bits per heavy atom. The number of nitrogens with one attached hydrogen (secondary N) is 1. The zero-order valence-corrected chi connectivity index (χ0v) is 18.1. The van der Waals surface area contributed by atoms with E-state index in [4.69, 9.17) is 4.74 Å². The first-order chi connectivity index (χ1) is 14.8. The second kappa shape index (κ2) is 9.76. The lowest BCUT2D eigenvalue weighted by molar-refractivity contribution is -0.119. The lowest BCUT2D eigenvalue weighted by Gasteiger charge is -2.26. The molecule has 0 aliphatic rings. The van der Waals surface area contributed by atoms with E-state index in [1.165, 1.54) is 26.2 Å². The molecule has 0 saturated carbocycles. The third-order valence-electron chi connectivity index (χ3n) is 4.56. The number of hydrogen-bond donors (Lipinski definition) is 1. The molecule has 3 aromatic carbocycles. The van der Waals surface area contributed by atoms with Crippen LogP contribution in [0.25, 0.3) is 10.8 Å². The summed E-state index contributed by atoms with van der Waals surface area (Å²) in [6.45, 7) is -0.0197. The maximum atomic E-state index is 13.2. The minimum atomic E-state index is -3.94. The highest BCUT2D eigenvalue weighted by molar-refractivity contribution is 7.90. The van der Waals surface area contributed by atoms with E-state index >= 15 is 0 Å². The largest absolute Gasteiger partial charge is 0.492 e. The Labute approximate surface area is 181 Å². The van der Waals surface area contributed by atoms with E-state index in [9.17, 15) is 17.6 Å². The molecular weight excluding hydrogens is 421 g/mol. The van der Waals surface area contributed by atoms with Crippen molar-refractivity contribution in [2.24, 2.45) is 0 Å². The van der Waals surface area contributed by atoms with Gasteiger partial charge in [-0.25, -0.2) is 8.70 Å². The minimum absolute atomic E-state index is 0.192. The van der Waals surface area contributed by atoms with E-state index in [1.807, 2.05) is 42.5 Å². The normalized spacial score (nSPS) is 11.5. The van der Waals surface area contributed by atoms with Gasteiger partial charge in [0.2, 0.25) is 5.91 Å². The summed E-state index contributed by atoms with van der Waals surface area (Å²) in [7, 11) is -1.22. The molecule has 7 nitrogen and oxygen atoms in total. The van der Waals surface area contributed by atoms with Gasteiger partial charge in [-0.1, -0.05) is 30.3 Å². The average Bonchev–Trinajstić information content (AvgIpc) is 2.75. The van der Waals surface area contributed by atoms with Crippen molar-refractivity contribution in [1.29, 1.82) is 0 Å². The topological polar surface area (TPSA) is 79.0 Å². The van der Waals surface area contributed by atoms with E-state index in [0.717, 1.165) is 31.5 Å². The predicted molar refractivity (Wildman–Crippen MR) is 119 cm³/mol. The molecule has 0 unspecified atom stereocenters. The van der Waals surface area contributed by atoms with E-state index in [-0.39, 0.29) is 18.8 Å². The molecule has 0 spiro atoms. The van der Waals surface area contributed by atoms with Crippen LogP contribution in [-0.4, -0.2) is 52.4 Å². The van der Waals surface area contributed by atoms with Gasteiger partial charge in [-0.3, -0.25) is 4.79 Å². The molecule has 3 rings (SSSR count). The standard InChI is InChI=1S/C22H24FN3O4S/c1-25(2)31(28,29)26(20-10-8-19(23)9-11-20)16-22(27)24-13-14-30-21-12-7-17-5-3-4-6-18(17)15-21/h3-12,15H,13-14,16H2,1-2H3,(H,24,27). The fraction of sp³-hybridized carbons (Fsp3) is 0.227. The van der Waals surface area contributed by atoms with Crippen molar-refractivity contribution in [2.45, 2.75) is 0 Å². The van der Waals surface area contributed by atoms with E-state index < -0.39 is 28.5 Å². The predicted octanol–water partition coefficient (Wildman–Crippen LogP) is 2.79. The molecule has 0 bridgehead atoms. The number of hydrogen-bond acceptors (Lipinski definition) is 4. The molecule has 0 atom stereocenters. The minimum Gasteiger partial charge on any atom is -0.492 e. The maximum absolute atomic E-state index is 13.2. The Kier molecular flexibility index (Phi) is 7.09. The number of carbonyl (C=O) groups is 1. The molecular formula is C22H24FN3O4S. The van der Waals surface area contributed by atoms with Crippen molar-refractivity contribution in [3.05, 3.63) is 72.5 Å². The van der Waals surface area contributed by atoms with Gasteiger partial charge in [0.1, 0.15) is 24.7 Å². The summed E-state index contributed by atoms with van der Waals surface area (Å²) in [5.74, 6) is -0.325. The van der Waals surface area contributed by atoms with Gasteiger partial charge in [0.15, 0.2) is 0 Å². The lowest BCUT2D eigenvalue weighted by Crippen LogP contribution is -2.46. The monoisotopic (exact) mass is 445 g/mol. The number of halogens is 1. The molecule has 0 fully saturated rings. The summed E-state index contributed by atoms with van der Waals surface area (Å²) in [6, 6.07) is 18.5. The van der Waals surface area contributed by atoms with Crippen LogP contribution in [0.1, 0.15) is 0 Å². The number of ether oxygens (including phenoxy) is 1. The summed E-state index contributed by atoms with van der Waals surface area (Å²) in [4.78, 5) is 12.4. The summed E-state index contributed by atoms with van der Waals surface area (Å²) in [5, 5.41) is 4.80. The first-order valence-electron chi connectivity index (χ1n) is 9.61. The summed E-state index contributed by atoms with van der Waals surface area (Å²) in [5.41, 5.74) is 0.192. The number of amides is 1. The molecule has 1 N–H and O–H groups in total. The van der Waals surface area contributed by atoms with Crippen LogP contribution >= 0.6 is 0 Å². The summed E-state index contributed by atoms with van der Waals surface area (Å²) < 4.78 is 46.1. The first kappa shape index (κ1) is 22.5. The molecule has 31 heavy (non-hydrogen) atoms.